The minimum Gasteiger partial charge on any atom is -0.375 e. The number of aromatic nitrogens is 2. The van der Waals surface area contributed by atoms with Crippen molar-refractivity contribution in [3.05, 3.63) is 30.1 Å². The molecule has 1 aromatic carbocycles. The van der Waals surface area contributed by atoms with Crippen molar-refractivity contribution in [2.24, 2.45) is 0 Å². The van der Waals surface area contributed by atoms with Crippen molar-refractivity contribution in [3.63, 3.8) is 0 Å². The molecule has 4 heteroatoms. The first-order valence-electron chi connectivity index (χ1n) is 8.36. The number of nitrogens with one attached hydrogen (secondary N) is 1. The number of fused-ring (bicyclic) bond motifs is 1. The molecule has 1 aromatic heterocycles. The Hall–Kier alpha value is -1.68. The Balaban J connectivity index is 1.59. The Morgan fingerprint density at radius 1 is 1.23 bits per heavy atom. The summed E-state index contributed by atoms with van der Waals surface area (Å²) in [6, 6.07) is 6.79. The molecule has 0 bridgehead atoms. The molecule has 116 valence electrons. The maximum atomic E-state index is 6.13. The standard InChI is InChI=1S/C18H23N3O/c1-13-4-5-16-15(10-13)17(20-12-19-16)21-14-6-9-22-18(11-14)7-2-3-8-18/h4-5,10,12,14H,2-3,6-9,11H2,1H3,(H,19,20,21). The molecule has 1 atom stereocenters. The average Bonchev–Trinajstić information content (AvgIpc) is 2.96. The first kappa shape index (κ1) is 13.9. The molecule has 1 aliphatic carbocycles. The van der Waals surface area contributed by atoms with Gasteiger partial charge in [0.25, 0.3) is 0 Å². The Labute approximate surface area is 131 Å². The molecule has 1 aliphatic heterocycles. The van der Waals surface area contributed by atoms with E-state index >= 15 is 0 Å². The molecule has 2 heterocycles. The average molecular weight is 297 g/mol. The van der Waals surface area contributed by atoms with Gasteiger partial charge in [-0.2, -0.15) is 0 Å². The van der Waals surface area contributed by atoms with E-state index < -0.39 is 0 Å². The highest BCUT2D eigenvalue weighted by atomic mass is 16.5. The van der Waals surface area contributed by atoms with Gasteiger partial charge in [0.15, 0.2) is 0 Å². The highest BCUT2D eigenvalue weighted by Crippen LogP contribution is 2.40. The molecule has 1 saturated carbocycles. The largest absolute Gasteiger partial charge is 0.375 e. The predicted octanol–water partition coefficient (Wildman–Crippen LogP) is 3.84. The third-order valence-electron chi connectivity index (χ3n) is 5.14. The van der Waals surface area contributed by atoms with E-state index in [1.807, 2.05) is 0 Å². The highest BCUT2D eigenvalue weighted by Gasteiger charge is 2.40. The fraction of sp³-hybridized carbons (Fsp3) is 0.556. The molecule has 2 aromatic rings. The van der Waals surface area contributed by atoms with Gasteiger partial charge in [-0.25, -0.2) is 9.97 Å². The van der Waals surface area contributed by atoms with Crippen LogP contribution >= 0.6 is 0 Å². The van der Waals surface area contributed by atoms with E-state index in [1.54, 1.807) is 6.33 Å². The number of hydrogen-bond donors (Lipinski definition) is 1. The number of aryl methyl sites for hydroxylation is 1. The molecular formula is C18H23N3O. The Morgan fingerprint density at radius 3 is 2.95 bits per heavy atom. The smallest absolute Gasteiger partial charge is 0.137 e. The van der Waals surface area contributed by atoms with Gasteiger partial charge < -0.3 is 10.1 Å². The molecule has 4 rings (SSSR count). The first-order chi connectivity index (χ1) is 10.7. The van der Waals surface area contributed by atoms with Crippen molar-refractivity contribution in [3.8, 4) is 0 Å². The number of nitrogens with zero attached hydrogens (tertiary/aromatic N) is 2. The van der Waals surface area contributed by atoms with Crippen LogP contribution in [0.1, 0.15) is 44.1 Å². The van der Waals surface area contributed by atoms with Gasteiger partial charge in [-0.05, 0) is 44.7 Å². The molecule has 2 fully saturated rings. The van der Waals surface area contributed by atoms with Crippen LogP contribution in [0.15, 0.2) is 24.5 Å². The second-order valence-electron chi connectivity index (χ2n) is 6.82. The molecule has 1 N–H and O–H groups in total. The summed E-state index contributed by atoms with van der Waals surface area (Å²) >= 11 is 0. The molecule has 4 nitrogen and oxygen atoms in total. The van der Waals surface area contributed by atoms with Crippen LogP contribution in [0.4, 0.5) is 5.82 Å². The van der Waals surface area contributed by atoms with Gasteiger partial charge in [-0.3, -0.25) is 0 Å². The van der Waals surface area contributed by atoms with Crippen LogP contribution in [-0.2, 0) is 4.74 Å². The van der Waals surface area contributed by atoms with Crippen molar-refractivity contribution in [1.82, 2.24) is 9.97 Å². The fourth-order valence-corrected chi connectivity index (χ4v) is 4.00. The lowest BCUT2D eigenvalue weighted by atomic mass is 9.89. The zero-order chi connectivity index (χ0) is 15.0. The van der Waals surface area contributed by atoms with E-state index in [0.29, 0.717) is 6.04 Å². The summed E-state index contributed by atoms with van der Waals surface area (Å²) in [5, 5.41) is 4.79. The summed E-state index contributed by atoms with van der Waals surface area (Å²) < 4.78 is 6.13. The quantitative estimate of drug-likeness (QED) is 0.915. The van der Waals surface area contributed by atoms with Crippen molar-refractivity contribution in [2.45, 2.75) is 57.1 Å². The molecule has 22 heavy (non-hydrogen) atoms. The van der Waals surface area contributed by atoms with Gasteiger partial charge in [0.2, 0.25) is 0 Å². The van der Waals surface area contributed by atoms with Crippen LogP contribution in [0.3, 0.4) is 0 Å². The van der Waals surface area contributed by atoms with E-state index in [0.717, 1.165) is 36.2 Å². The lowest BCUT2D eigenvalue weighted by molar-refractivity contribution is -0.0767. The molecule has 1 unspecified atom stereocenters. The molecule has 1 saturated heterocycles. The topological polar surface area (TPSA) is 47.0 Å². The first-order valence-corrected chi connectivity index (χ1v) is 8.36. The van der Waals surface area contributed by atoms with Gasteiger partial charge >= 0.3 is 0 Å². The SMILES string of the molecule is Cc1ccc2ncnc(NC3CCOC4(CCCC4)C3)c2c1. The third kappa shape index (κ3) is 2.56. The summed E-state index contributed by atoms with van der Waals surface area (Å²) in [7, 11) is 0. The van der Waals surface area contributed by atoms with Gasteiger partial charge in [0.05, 0.1) is 11.1 Å². The van der Waals surface area contributed by atoms with Crippen LogP contribution < -0.4 is 5.32 Å². The second kappa shape index (κ2) is 5.51. The van der Waals surface area contributed by atoms with Crippen LogP contribution in [0.2, 0.25) is 0 Å². The van der Waals surface area contributed by atoms with Crippen molar-refractivity contribution >= 4 is 16.7 Å². The van der Waals surface area contributed by atoms with Gasteiger partial charge in [-0.1, -0.05) is 24.5 Å². The van der Waals surface area contributed by atoms with Crippen LogP contribution in [0.25, 0.3) is 10.9 Å². The maximum absolute atomic E-state index is 6.13. The minimum absolute atomic E-state index is 0.134. The minimum atomic E-state index is 0.134. The van der Waals surface area contributed by atoms with E-state index in [2.05, 4.69) is 40.4 Å². The summed E-state index contributed by atoms with van der Waals surface area (Å²) in [5.41, 5.74) is 2.38. The molecular weight excluding hydrogens is 274 g/mol. The number of benzene rings is 1. The third-order valence-corrected chi connectivity index (χ3v) is 5.14. The normalized spacial score (nSPS) is 24.0. The summed E-state index contributed by atoms with van der Waals surface area (Å²) in [6.07, 6.45) is 8.86. The lowest BCUT2D eigenvalue weighted by Gasteiger charge is -2.38. The summed E-state index contributed by atoms with van der Waals surface area (Å²) in [5.74, 6) is 0.966. The molecule has 0 amide bonds. The monoisotopic (exact) mass is 297 g/mol. The van der Waals surface area contributed by atoms with E-state index in [-0.39, 0.29) is 5.60 Å². The van der Waals surface area contributed by atoms with Crippen molar-refractivity contribution < 1.29 is 4.74 Å². The zero-order valence-corrected chi connectivity index (χ0v) is 13.1. The van der Waals surface area contributed by atoms with Crippen molar-refractivity contribution in [2.75, 3.05) is 11.9 Å². The van der Waals surface area contributed by atoms with E-state index in [4.69, 9.17) is 4.74 Å². The number of rotatable bonds is 2. The van der Waals surface area contributed by atoms with Crippen LogP contribution in [0.5, 0.6) is 0 Å². The van der Waals surface area contributed by atoms with E-state index in [1.165, 1.54) is 31.2 Å². The lowest BCUT2D eigenvalue weighted by Crippen LogP contribution is -2.42. The van der Waals surface area contributed by atoms with Crippen LogP contribution in [0, 0.1) is 6.92 Å². The molecule has 1 spiro atoms. The summed E-state index contributed by atoms with van der Waals surface area (Å²) in [6.45, 7) is 2.97. The number of ether oxygens (including phenoxy) is 1. The number of hydrogen-bond acceptors (Lipinski definition) is 4. The maximum Gasteiger partial charge on any atom is 0.137 e. The van der Waals surface area contributed by atoms with Crippen molar-refractivity contribution in [1.29, 1.82) is 0 Å². The predicted molar refractivity (Wildman–Crippen MR) is 88.1 cm³/mol. The number of anilines is 1. The Bertz CT molecular complexity index is 679. The highest BCUT2D eigenvalue weighted by molar-refractivity contribution is 5.89. The second-order valence-corrected chi connectivity index (χ2v) is 6.82. The zero-order valence-electron chi connectivity index (χ0n) is 13.1. The molecule has 2 aliphatic rings. The van der Waals surface area contributed by atoms with Gasteiger partial charge in [0, 0.05) is 18.0 Å². The summed E-state index contributed by atoms with van der Waals surface area (Å²) in [4.78, 5) is 8.87. The van der Waals surface area contributed by atoms with Gasteiger partial charge in [-0.15, -0.1) is 0 Å². The van der Waals surface area contributed by atoms with E-state index in [9.17, 15) is 0 Å². The van der Waals surface area contributed by atoms with Crippen LogP contribution in [-0.4, -0.2) is 28.2 Å². The molecule has 0 radical (unpaired) electrons. The Morgan fingerprint density at radius 2 is 2.09 bits per heavy atom. The van der Waals surface area contributed by atoms with Gasteiger partial charge in [0.1, 0.15) is 12.1 Å². The fourth-order valence-electron chi connectivity index (χ4n) is 4.00. The Kier molecular flexibility index (Phi) is 3.49.